The molecular formula is C20H23N. The number of likely N-dealkylation sites (N-methyl/N-ethyl adjacent to an activating group) is 1. The summed E-state index contributed by atoms with van der Waals surface area (Å²) in [6, 6.07) is 20.1. The highest BCUT2D eigenvalue weighted by Gasteiger charge is 2.30. The number of nitrogens with zero attached hydrogens (tertiary/aromatic N) is 1. The zero-order valence-electron chi connectivity index (χ0n) is 12.9. The van der Waals surface area contributed by atoms with Gasteiger partial charge >= 0.3 is 0 Å². The lowest BCUT2D eigenvalue weighted by Crippen LogP contribution is -2.26. The molecule has 0 aliphatic carbocycles. The Hall–Kier alpha value is -1.86. The van der Waals surface area contributed by atoms with Gasteiger partial charge in [0.2, 0.25) is 0 Å². The Bertz CT molecular complexity index is 615. The van der Waals surface area contributed by atoms with E-state index in [1.54, 1.807) is 0 Å². The van der Waals surface area contributed by atoms with Crippen LogP contribution in [-0.4, -0.2) is 24.5 Å². The highest BCUT2D eigenvalue weighted by Crippen LogP contribution is 2.33. The van der Waals surface area contributed by atoms with Crippen molar-refractivity contribution in [3.05, 3.63) is 77.4 Å². The topological polar surface area (TPSA) is 3.24 Å². The van der Waals surface area contributed by atoms with Crippen molar-refractivity contribution in [1.29, 1.82) is 0 Å². The molecule has 1 heterocycles. The van der Waals surface area contributed by atoms with Crippen LogP contribution in [0.1, 0.15) is 29.0 Å². The fourth-order valence-electron chi connectivity index (χ4n) is 3.30. The third kappa shape index (κ3) is 3.25. The van der Waals surface area contributed by atoms with Crippen LogP contribution in [0.15, 0.2) is 60.7 Å². The van der Waals surface area contributed by atoms with Gasteiger partial charge in [-0.15, -0.1) is 0 Å². The Balaban J connectivity index is 1.82. The fourth-order valence-corrected chi connectivity index (χ4v) is 3.30. The van der Waals surface area contributed by atoms with Crippen molar-refractivity contribution in [2.45, 2.75) is 25.3 Å². The highest BCUT2D eigenvalue weighted by atomic mass is 15.1. The van der Waals surface area contributed by atoms with Crippen molar-refractivity contribution >= 4 is 6.08 Å². The van der Waals surface area contributed by atoms with E-state index in [-0.39, 0.29) is 0 Å². The molecule has 1 saturated heterocycles. The minimum atomic E-state index is 0.493. The first-order valence-electron chi connectivity index (χ1n) is 7.74. The monoisotopic (exact) mass is 277 g/mol. The van der Waals surface area contributed by atoms with Crippen molar-refractivity contribution in [2.75, 3.05) is 13.6 Å². The zero-order chi connectivity index (χ0) is 14.7. The average molecular weight is 277 g/mol. The first-order chi connectivity index (χ1) is 10.2. The molecule has 1 aliphatic heterocycles. The van der Waals surface area contributed by atoms with Gasteiger partial charge in [0.05, 0.1) is 0 Å². The minimum Gasteiger partial charge on any atom is -0.299 e. The summed E-state index contributed by atoms with van der Waals surface area (Å²) in [6.07, 6.45) is 5.89. The molecular weight excluding hydrogens is 254 g/mol. The van der Waals surface area contributed by atoms with Gasteiger partial charge in [0, 0.05) is 12.0 Å². The average Bonchev–Trinajstić information content (AvgIpc) is 2.87. The molecule has 2 aromatic rings. The summed E-state index contributed by atoms with van der Waals surface area (Å²) in [6.45, 7) is 3.31. The van der Waals surface area contributed by atoms with Gasteiger partial charge in [-0.3, -0.25) is 4.90 Å². The van der Waals surface area contributed by atoms with E-state index in [1.165, 1.54) is 29.7 Å². The van der Waals surface area contributed by atoms with Crippen molar-refractivity contribution in [1.82, 2.24) is 4.90 Å². The third-order valence-electron chi connectivity index (χ3n) is 4.47. The zero-order valence-corrected chi connectivity index (χ0v) is 12.9. The van der Waals surface area contributed by atoms with Crippen LogP contribution in [0.3, 0.4) is 0 Å². The van der Waals surface area contributed by atoms with Crippen LogP contribution in [0, 0.1) is 6.92 Å². The molecule has 0 spiro atoms. The van der Waals surface area contributed by atoms with Crippen molar-refractivity contribution in [2.24, 2.45) is 0 Å². The molecule has 0 amide bonds. The van der Waals surface area contributed by atoms with Gasteiger partial charge in [0.15, 0.2) is 0 Å². The second-order valence-corrected chi connectivity index (χ2v) is 6.05. The molecule has 1 heteroatoms. The Morgan fingerprint density at radius 1 is 1.05 bits per heavy atom. The number of likely N-dealkylation sites (tertiary alicyclic amines) is 1. The third-order valence-corrected chi connectivity index (χ3v) is 4.47. The molecule has 0 aromatic heterocycles. The summed E-state index contributed by atoms with van der Waals surface area (Å²) in [4.78, 5) is 2.46. The van der Waals surface area contributed by atoms with Gasteiger partial charge in [-0.2, -0.15) is 0 Å². The number of benzene rings is 2. The molecule has 108 valence electrons. The lowest BCUT2D eigenvalue weighted by Gasteiger charge is -2.22. The molecule has 2 atom stereocenters. The number of hydrogen-bond donors (Lipinski definition) is 0. The molecule has 1 aliphatic rings. The first-order valence-corrected chi connectivity index (χ1v) is 7.74. The van der Waals surface area contributed by atoms with Gasteiger partial charge in [0.1, 0.15) is 0 Å². The van der Waals surface area contributed by atoms with Gasteiger partial charge < -0.3 is 0 Å². The van der Waals surface area contributed by atoms with Gasteiger partial charge in [-0.05, 0) is 38.1 Å². The second kappa shape index (κ2) is 6.28. The molecule has 0 radical (unpaired) electrons. The smallest absolute Gasteiger partial charge is 0.0347 e. The second-order valence-electron chi connectivity index (χ2n) is 6.05. The van der Waals surface area contributed by atoms with Crippen LogP contribution < -0.4 is 0 Å². The Morgan fingerprint density at radius 2 is 1.86 bits per heavy atom. The number of aryl methyl sites for hydroxylation is 1. The van der Waals surface area contributed by atoms with E-state index >= 15 is 0 Å². The van der Waals surface area contributed by atoms with Crippen molar-refractivity contribution in [3.63, 3.8) is 0 Å². The van der Waals surface area contributed by atoms with Gasteiger partial charge in [-0.25, -0.2) is 0 Å². The summed E-state index contributed by atoms with van der Waals surface area (Å²) >= 11 is 0. The quantitative estimate of drug-likeness (QED) is 0.798. The summed E-state index contributed by atoms with van der Waals surface area (Å²) < 4.78 is 0. The maximum Gasteiger partial charge on any atom is 0.0347 e. The molecule has 0 N–H and O–H groups in total. The fraction of sp³-hybridized carbons (Fsp3) is 0.300. The molecule has 1 nitrogen and oxygen atoms in total. The molecule has 0 bridgehead atoms. The predicted octanol–water partition coefficient (Wildman–Crippen LogP) is 4.50. The van der Waals surface area contributed by atoms with E-state index in [0.717, 1.165) is 0 Å². The SMILES string of the molecule is Cc1cccc(C=C[C@@H]2[C@@H](c3ccccc3)CCN2C)c1. The van der Waals surface area contributed by atoms with Crippen molar-refractivity contribution < 1.29 is 0 Å². The van der Waals surface area contributed by atoms with E-state index in [0.29, 0.717) is 12.0 Å². The number of hydrogen-bond acceptors (Lipinski definition) is 1. The molecule has 0 saturated carbocycles. The van der Waals surface area contributed by atoms with Gasteiger partial charge in [-0.1, -0.05) is 72.3 Å². The largest absolute Gasteiger partial charge is 0.299 e. The molecule has 1 fully saturated rings. The molecule has 21 heavy (non-hydrogen) atoms. The molecule has 0 unspecified atom stereocenters. The van der Waals surface area contributed by atoms with E-state index in [4.69, 9.17) is 0 Å². The maximum absolute atomic E-state index is 2.46. The van der Waals surface area contributed by atoms with Crippen molar-refractivity contribution in [3.8, 4) is 0 Å². The van der Waals surface area contributed by atoms with Crippen LogP contribution in [0.25, 0.3) is 6.08 Å². The lowest BCUT2D eigenvalue weighted by molar-refractivity contribution is 0.347. The van der Waals surface area contributed by atoms with Crippen LogP contribution >= 0.6 is 0 Å². The van der Waals surface area contributed by atoms with E-state index in [9.17, 15) is 0 Å². The Morgan fingerprint density at radius 3 is 2.62 bits per heavy atom. The highest BCUT2D eigenvalue weighted by molar-refractivity contribution is 5.51. The maximum atomic E-state index is 2.46. The minimum absolute atomic E-state index is 0.493. The van der Waals surface area contributed by atoms with Crippen LogP contribution in [-0.2, 0) is 0 Å². The van der Waals surface area contributed by atoms with E-state index in [1.807, 2.05) is 0 Å². The van der Waals surface area contributed by atoms with Gasteiger partial charge in [0.25, 0.3) is 0 Å². The van der Waals surface area contributed by atoms with Crippen LogP contribution in [0.4, 0.5) is 0 Å². The number of rotatable bonds is 3. The first kappa shape index (κ1) is 14.1. The van der Waals surface area contributed by atoms with E-state index < -0.39 is 0 Å². The normalized spacial score (nSPS) is 23.0. The summed E-state index contributed by atoms with van der Waals surface area (Å²) in [7, 11) is 2.23. The summed E-state index contributed by atoms with van der Waals surface area (Å²) in [5.74, 6) is 0.609. The Labute approximate surface area is 127 Å². The molecule has 3 rings (SSSR count). The lowest BCUT2D eigenvalue weighted by atomic mass is 9.91. The predicted molar refractivity (Wildman–Crippen MR) is 90.4 cm³/mol. The summed E-state index contributed by atoms with van der Waals surface area (Å²) in [5, 5.41) is 0. The van der Waals surface area contributed by atoms with E-state index in [2.05, 4.69) is 85.6 Å². The van der Waals surface area contributed by atoms with Crippen LogP contribution in [0.2, 0.25) is 0 Å². The summed E-state index contributed by atoms with van der Waals surface area (Å²) in [5.41, 5.74) is 4.07. The van der Waals surface area contributed by atoms with Crippen LogP contribution in [0.5, 0.6) is 0 Å². The standard InChI is InChI=1S/C20H23N/c1-16-7-6-8-17(15-16)11-12-20-19(13-14-21(20)2)18-9-4-3-5-10-18/h3-12,15,19-20H,13-14H2,1-2H3/t19-,20-/m1/s1. The molecule has 2 aromatic carbocycles. The Kier molecular flexibility index (Phi) is 4.21.